The number of ether oxygens (including phenoxy) is 4. The lowest BCUT2D eigenvalue weighted by Gasteiger charge is -2.24. The van der Waals surface area contributed by atoms with Crippen LogP contribution in [-0.4, -0.2) is 75.2 Å². The number of esters is 1. The smallest absolute Gasteiger partial charge is 0.338 e. The van der Waals surface area contributed by atoms with E-state index in [2.05, 4.69) is 0 Å². The van der Waals surface area contributed by atoms with E-state index in [0.29, 0.717) is 32.2 Å². The normalized spacial score (nSPS) is 21.2. The van der Waals surface area contributed by atoms with E-state index in [9.17, 15) is 20.1 Å². The molecule has 4 aromatic rings. The minimum Gasteiger partial charge on any atom is -0.459 e. The highest BCUT2D eigenvalue weighted by atomic mass is 32.2. The lowest BCUT2D eigenvalue weighted by Crippen LogP contribution is -2.47. The molecule has 4 aromatic carbocycles. The zero-order valence-corrected chi connectivity index (χ0v) is 27.1. The maximum atomic E-state index is 12.6. The quantitative estimate of drug-likeness (QED) is 0.114. The van der Waals surface area contributed by atoms with E-state index in [-0.39, 0.29) is 29.8 Å². The monoisotopic (exact) mass is 659 g/mol. The fourth-order valence-corrected chi connectivity index (χ4v) is 8.39. The van der Waals surface area contributed by atoms with Crippen molar-refractivity contribution in [3.05, 3.63) is 144 Å². The van der Waals surface area contributed by atoms with Crippen LogP contribution in [0.25, 0.3) is 0 Å². The van der Waals surface area contributed by atoms with Crippen molar-refractivity contribution in [3.63, 3.8) is 0 Å². The van der Waals surface area contributed by atoms with Gasteiger partial charge in [0.2, 0.25) is 0 Å². The summed E-state index contributed by atoms with van der Waals surface area (Å²) in [7, 11) is -0.561. The van der Waals surface area contributed by atoms with Crippen molar-refractivity contribution in [1.82, 2.24) is 0 Å². The van der Waals surface area contributed by atoms with Gasteiger partial charge in [0.1, 0.15) is 42.5 Å². The zero-order valence-electron chi connectivity index (χ0n) is 26.3. The Morgan fingerprint density at radius 3 is 1.66 bits per heavy atom. The van der Waals surface area contributed by atoms with Crippen molar-refractivity contribution in [2.75, 3.05) is 18.1 Å². The largest absolute Gasteiger partial charge is 0.459 e. The van der Waals surface area contributed by atoms with Crippen molar-refractivity contribution in [2.24, 2.45) is 0 Å². The van der Waals surface area contributed by atoms with Crippen LogP contribution in [0.15, 0.2) is 121 Å². The molecule has 248 valence electrons. The molecule has 7 atom stereocenters. The van der Waals surface area contributed by atoms with Crippen LogP contribution in [0, 0.1) is 0 Å². The average molecular weight is 660 g/mol. The molecule has 0 spiro atoms. The van der Waals surface area contributed by atoms with Crippen molar-refractivity contribution >= 4 is 16.9 Å². The lowest BCUT2D eigenvalue weighted by molar-refractivity contribution is -0.165. The fraction of sp³-hybridized carbons (Fsp3) is 0.342. The second-order valence-electron chi connectivity index (χ2n) is 11.6. The first kappa shape index (κ1) is 34.8. The van der Waals surface area contributed by atoms with Gasteiger partial charge in [0.25, 0.3) is 0 Å². The highest BCUT2D eigenvalue weighted by Gasteiger charge is 2.54. The summed E-state index contributed by atoms with van der Waals surface area (Å²) in [6.07, 6.45) is -5.69. The first-order valence-corrected chi connectivity index (χ1v) is 17.4. The van der Waals surface area contributed by atoms with Crippen LogP contribution in [-0.2, 0) is 61.1 Å². The summed E-state index contributed by atoms with van der Waals surface area (Å²) in [5.41, 5.74) is 3.84. The number of aliphatic hydroxyl groups is 3. The predicted octanol–water partition coefficient (Wildman–Crippen LogP) is 4.20. The molecule has 1 saturated heterocycles. The summed E-state index contributed by atoms with van der Waals surface area (Å²) in [6.45, 7) is 1.47. The molecule has 1 fully saturated rings. The molecule has 5 rings (SSSR count). The number of carbonyl (C=O) groups is 1. The SMILES string of the molecule is O=C(OCc1ccccc1)[C@H](O)[C@H](O)[C@H](O)C[S+]1C[C@@H](OCc2ccccc2)[C@H](OCc2ccccc2)[C@H]1COCc1ccccc1. The molecule has 1 heterocycles. The zero-order chi connectivity index (χ0) is 32.8. The van der Waals surface area contributed by atoms with Gasteiger partial charge < -0.3 is 34.3 Å². The summed E-state index contributed by atoms with van der Waals surface area (Å²) in [4.78, 5) is 12.6. The van der Waals surface area contributed by atoms with Crippen LogP contribution in [0.1, 0.15) is 22.3 Å². The van der Waals surface area contributed by atoms with Crippen LogP contribution in [0.4, 0.5) is 0 Å². The second-order valence-corrected chi connectivity index (χ2v) is 13.9. The summed E-state index contributed by atoms with van der Waals surface area (Å²) < 4.78 is 24.5. The average Bonchev–Trinajstić information content (AvgIpc) is 3.44. The van der Waals surface area contributed by atoms with Crippen molar-refractivity contribution in [1.29, 1.82) is 0 Å². The first-order chi connectivity index (χ1) is 23.0. The Morgan fingerprint density at radius 2 is 1.13 bits per heavy atom. The van der Waals surface area contributed by atoms with Gasteiger partial charge in [-0.05, 0) is 22.3 Å². The van der Waals surface area contributed by atoms with Crippen LogP contribution in [0.3, 0.4) is 0 Å². The molecule has 8 nitrogen and oxygen atoms in total. The second kappa shape index (κ2) is 18.1. The maximum Gasteiger partial charge on any atom is 0.338 e. The molecule has 0 radical (unpaired) electrons. The Bertz CT molecular complexity index is 1460. The number of aliphatic hydroxyl groups excluding tert-OH is 3. The third kappa shape index (κ3) is 10.5. The topological polar surface area (TPSA) is 115 Å². The Morgan fingerprint density at radius 1 is 0.660 bits per heavy atom. The lowest BCUT2D eigenvalue weighted by atomic mass is 10.1. The summed E-state index contributed by atoms with van der Waals surface area (Å²) in [5.74, 6) is -0.310. The van der Waals surface area contributed by atoms with E-state index in [1.165, 1.54) is 0 Å². The van der Waals surface area contributed by atoms with E-state index < -0.39 is 35.2 Å². The maximum absolute atomic E-state index is 12.6. The number of hydrogen-bond acceptors (Lipinski definition) is 8. The van der Waals surface area contributed by atoms with Crippen LogP contribution >= 0.6 is 0 Å². The fourth-order valence-electron chi connectivity index (χ4n) is 5.49. The predicted molar refractivity (Wildman–Crippen MR) is 181 cm³/mol. The molecule has 0 aliphatic carbocycles. The first-order valence-electron chi connectivity index (χ1n) is 15.8. The molecule has 0 amide bonds. The van der Waals surface area contributed by atoms with Crippen LogP contribution in [0.5, 0.6) is 0 Å². The van der Waals surface area contributed by atoms with E-state index in [4.69, 9.17) is 18.9 Å². The molecule has 3 N–H and O–H groups in total. The molecule has 0 bridgehead atoms. The van der Waals surface area contributed by atoms with Crippen molar-refractivity contribution in [3.8, 4) is 0 Å². The molecule has 1 unspecified atom stereocenters. The van der Waals surface area contributed by atoms with Gasteiger partial charge in [-0.3, -0.25) is 0 Å². The highest BCUT2D eigenvalue weighted by Crippen LogP contribution is 2.32. The van der Waals surface area contributed by atoms with E-state index in [1.54, 1.807) is 12.1 Å². The molecule has 9 heteroatoms. The molecule has 1 aliphatic heterocycles. The van der Waals surface area contributed by atoms with Crippen molar-refractivity contribution in [2.45, 2.75) is 62.2 Å². The van der Waals surface area contributed by atoms with Gasteiger partial charge in [-0.15, -0.1) is 0 Å². The number of carbonyl (C=O) groups excluding carboxylic acids is 1. The van der Waals surface area contributed by atoms with Gasteiger partial charge in [0.15, 0.2) is 11.4 Å². The molecule has 0 saturated carbocycles. The Labute approximate surface area is 279 Å². The van der Waals surface area contributed by atoms with Gasteiger partial charge >= 0.3 is 5.97 Å². The summed E-state index contributed by atoms with van der Waals surface area (Å²) in [5, 5.41) is 32.5. The van der Waals surface area contributed by atoms with Gasteiger partial charge in [0, 0.05) is 10.9 Å². The van der Waals surface area contributed by atoms with E-state index in [0.717, 1.165) is 22.3 Å². The Balaban J connectivity index is 1.29. The van der Waals surface area contributed by atoms with Gasteiger partial charge in [-0.25, -0.2) is 4.79 Å². The standard InChI is InChI=1S/C38H43O8S/c39-32(35(40)36(41)38(42)46-24-31-19-11-4-12-20-31)26-47-27-33(44-22-29-15-7-2-8-16-29)37(45-23-30-17-9-3-10-18-30)34(47)25-43-21-28-13-5-1-6-14-28/h1-20,32-37,39-41H,21-27H2/q+1/t32-,33-,34-,35-,36-,37+,47?/m1/s1. The minimum absolute atomic E-state index is 0.0500. The molecule has 47 heavy (non-hydrogen) atoms. The third-order valence-corrected chi connectivity index (χ3v) is 10.9. The van der Waals surface area contributed by atoms with Crippen LogP contribution < -0.4 is 0 Å². The van der Waals surface area contributed by atoms with Gasteiger partial charge in [0.05, 0.1) is 26.4 Å². The number of hydrogen-bond donors (Lipinski definition) is 3. The number of rotatable bonds is 17. The summed E-state index contributed by atoms with van der Waals surface area (Å²) >= 11 is 0. The Hall–Kier alpha value is -3.54. The molecular formula is C38H43O8S+. The minimum atomic E-state index is -1.90. The molecule has 1 aliphatic rings. The van der Waals surface area contributed by atoms with Crippen LogP contribution in [0.2, 0.25) is 0 Å². The Kier molecular flexibility index (Phi) is 13.4. The summed E-state index contributed by atoms with van der Waals surface area (Å²) in [6, 6.07) is 38.8. The molecular weight excluding hydrogens is 616 g/mol. The van der Waals surface area contributed by atoms with E-state index >= 15 is 0 Å². The number of benzene rings is 4. The molecule has 0 aromatic heterocycles. The highest BCUT2D eigenvalue weighted by molar-refractivity contribution is 7.97. The van der Waals surface area contributed by atoms with Crippen molar-refractivity contribution < 1.29 is 39.1 Å². The van der Waals surface area contributed by atoms with E-state index in [1.807, 2.05) is 109 Å². The van der Waals surface area contributed by atoms with Gasteiger partial charge in [-0.2, -0.15) is 0 Å². The third-order valence-electron chi connectivity index (χ3n) is 8.09. The van der Waals surface area contributed by atoms with Gasteiger partial charge in [-0.1, -0.05) is 121 Å².